The van der Waals surface area contributed by atoms with Gasteiger partial charge in [0.05, 0.1) is 18.8 Å². The van der Waals surface area contributed by atoms with E-state index in [-0.39, 0.29) is 5.56 Å². The summed E-state index contributed by atoms with van der Waals surface area (Å²) in [6.07, 6.45) is 0. The van der Waals surface area contributed by atoms with Gasteiger partial charge in [-0.05, 0) is 19.1 Å². The average Bonchev–Trinajstić information content (AvgIpc) is 2.44. The normalized spacial score (nSPS) is 16.1. The Labute approximate surface area is 123 Å². The number of ether oxygens (including phenoxy) is 2. The largest absolute Gasteiger partial charge is 0.492 e. The lowest BCUT2D eigenvalue weighted by Crippen LogP contribution is -2.38. The summed E-state index contributed by atoms with van der Waals surface area (Å²) in [6, 6.07) is 2.96. The number of aromatic carboxylic acids is 1. The van der Waals surface area contributed by atoms with Crippen LogP contribution < -0.4 is 4.74 Å². The first kappa shape index (κ1) is 15.1. The first-order valence-electron chi connectivity index (χ1n) is 6.54. The van der Waals surface area contributed by atoms with Crippen LogP contribution in [0.4, 0.5) is 0 Å². The van der Waals surface area contributed by atoms with Crippen molar-refractivity contribution in [2.45, 2.75) is 6.92 Å². The molecule has 0 spiro atoms. The monoisotopic (exact) mass is 299 g/mol. The Hall–Kier alpha value is -1.30. The lowest BCUT2D eigenvalue weighted by Gasteiger charge is -2.26. The van der Waals surface area contributed by atoms with E-state index in [9.17, 15) is 4.79 Å². The fraction of sp³-hybridized carbons (Fsp3) is 0.500. The number of rotatable bonds is 5. The average molecular weight is 300 g/mol. The smallest absolute Gasteiger partial charge is 0.335 e. The van der Waals surface area contributed by atoms with Crippen LogP contribution >= 0.6 is 11.6 Å². The van der Waals surface area contributed by atoms with Crippen LogP contribution in [-0.2, 0) is 4.74 Å². The second-order valence-electron chi connectivity index (χ2n) is 4.69. The Bertz CT molecular complexity index is 486. The van der Waals surface area contributed by atoms with E-state index >= 15 is 0 Å². The summed E-state index contributed by atoms with van der Waals surface area (Å²) in [5.41, 5.74) is 0.903. The van der Waals surface area contributed by atoms with E-state index in [1.165, 1.54) is 12.1 Å². The van der Waals surface area contributed by atoms with E-state index in [4.69, 9.17) is 26.2 Å². The molecule has 5 nitrogen and oxygen atoms in total. The van der Waals surface area contributed by atoms with Gasteiger partial charge in [-0.25, -0.2) is 4.79 Å². The molecule has 2 rings (SSSR count). The Morgan fingerprint density at radius 1 is 1.45 bits per heavy atom. The van der Waals surface area contributed by atoms with Crippen molar-refractivity contribution >= 4 is 17.6 Å². The number of hydrogen-bond donors (Lipinski definition) is 1. The molecule has 1 aromatic rings. The molecule has 1 fully saturated rings. The molecule has 0 amide bonds. The fourth-order valence-corrected chi connectivity index (χ4v) is 2.25. The van der Waals surface area contributed by atoms with Gasteiger partial charge in [-0.3, -0.25) is 4.90 Å². The lowest BCUT2D eigenvalue weighted by molar-refractivity contribution is 0.0322. The molecule has 0 radical (unpaired) electrons. The number of halogens is 1. The quantitative estimate of drug-likeness (QED) is 0.902. The number of carboxylic acid groups (broad SMARTS) is 1. The fourth-order valence-electron chi connectivity index (χ4n) is 2.04. The third-order valence-electron chi connectivity index (χ3n) is 3.31. The van der Waals surface area contributed by atoms with Crippen LogP contribution in [-0.4, -0.2) is 55.4 Å². The third-order valence-corrected chi connectivity index (χ3v) is 3.70. The van der Waals surface area contributed by atoms with Crippen LogP contribution in [0.15, 0.2) is 12.1 Å². The molecule has 1 aliphatic heterocycles. The predicted octanol–water partition coefficient (Wildman–Crippen LogP) is 2.06. The number of hydrogen-bond acceptors (Lipinski definition) is 4. The van der Waals surface area contributed by atoms with Gasteiger partial charge in [0, 0.05) is 30.2 Å². The van der Waals surface area contributed by atoms with E-state index in [1.807, 2.05) is 6.92 Å². The van der Waals surface area contributed by atoms with E-state index < -0.39 is 5.97 Å². The van der Waals surface area contributed by atoms with Gasteiger partial charge >= 0.3 is 5.97 Å². The Morgan fingerprint density at radius 2 is 2.15 bits per heavy atom. The molecule has 20 heavy (non-hydrogen) atoms. The lowest BCUT2D eigenvalue weighted by atomic mass is 10.1. The summed E-state index contributed by atoms with van der Waals surface area (Å²) in [6.45, 7) is 6.41. The number of carbonyl (C=O) groups is 1. The van der Waals surface area contributed by atoms with Gasteiger partial charge in [-0.15, -0.1) is 0 Å². The van der Waals surface area contributed by atoms with Crippen LogP contribution in [0.3, 0.4) is 0 Å². The molecule has 0 aromatic heterocycles. The van der Waals surface area contributed by atoms with Crippen LogP contribution in [0.1, 0.15) is 15.9 Å². The number of nitrogens with zero attached hydrogens (tertiary/aromatic N) is 1. The Morgan fingerprint density at radius 3 is 2.80 bits per heavy atom. The minimum absolute atomic E-state index is 0.141. The second-order valence-corrected chi connectivity index (χ2v) is 5.10. The second kappa shape index (κ2) is 6.92. The molecular weight excluding hydrogens is 282 g/mol. The zero-order valence-electron chi connectivity index (χ0n) is 11.4. The van der Waals surface area contributed by atoms with Gasteiger partial charge in [0.2, 0.25) is 0 Å². The zero-order chi connectivity index (χ0) is 14.5. The molecule has 6 heteroatoms. The first-order valence-corrected chi connectivity index (χ1v) is 6.92. The minimum atomic E-state index is -1.01. The molecule has 1 N–H and O–H groups in total. The van der Waals surface area contributed by atoms with Gasteiger partial charge in [0.25, 0.3) is 0 Å². The number of benzene rings is 1. The van der Waals surface area contributed by atoms with Crippen molar-refractivity contribution in [1.29, 1.82) is 0 Å². The first-order chi connectivity index (χ1) is 9.58. The van der Waals surface area contributed by atoms with Crippen LogP contribution in [0, 0.1) is 6.92 Å². The van der Waals surface area contributed by atoms with Gasteiger partial charge < -0.3 is 14.6 Å². The highest BCUT2D eigenvalue weighted by Crippen LogP contribution is 2.27. The molecule has 110 valence electrons. The number of morpholine rings is 1. The van der Waals surface area contributed by atoms with E-state index in [0.717, 1.165) is 38.4 Å². The zero-order valence-corrected chi connectivity index (χ0v) is 12.2. The highest BCUT2D eigenvalue weighted by molar-refractivity contribution is 6.31. The van der Waals surface area contributed by atoms with Gasteiger partial charge in [-0.1, -0.05) is 11.6 Å². The standard InChI is InChI=1S/C14H18ClNO4/c1-10-12(15)8-11(14(17)18)9-13(10)20-7-4-16-2-5-19-6-3-16/h8-9H,2-7H2,1H3,(H,17,18). The molecular formula is C14H18ClNO4. The van der Waals surface area contributed by atoms with E-state index in [2.05, 4.69) is 4.90 Å². The van der Waals surface area contributed by atoms with Crippen molar-refractivity contribution in [3.63, 3.8) is 0 Å². The maximum atomic E-state index is 11.0. The summed E-state index contributed by atoms with van der Waals surface area (Å²) >= 11 is 6.02. The molecule has 0 saturated carbocycles. The van der Waals surface area contributed by atoms with E-state index in [0.29, 0.717) is 17.4 Å². The van der Waals surface area contributed by atoms with Crippen LogP contribution in [0.2, 0.25) is 5.02 Å². The molecule has 1 aliphatic rings. The number of carboxylic acids is 1. The molecule has 1 heterocycles. The summed E-state index contributed by atoms with van der Waals surface area (Å²) in [7, 11) is 0. The van der Waals surface area contributed by atoms with Crippen LogP contribution in [0.25, 0.3) is 0 Å². The predicted molar refractivity (Wildman–Crippen MR) is 75.9 cm³/mol. The molecule has 0 bridgehead atoms. The molecule has 0 atom stereocenters. The van der Waals surface area contributed by atoms with Gasteiger partial charge in [0.15, 0.2) is 0 Å². The summed E-state index contributed by atoms with van der Waals surface area (Å²) in [5.74, 6) is -0.479. The van der Waals surface area contributed by atoms with Crippen molar-refractivity contribution in [3.05, 3.63) is 28.3 Å². The van der Waals surface area contributed by atoms with E-state index in [1.54, 1.807) is 0 Å². The van der Waals surface area contributed by atoms with Crippen molar-refractivity contribution < 1.29 is 19.4 Å². The van der Waals surface area contributed by atoms with Gasteiger partial charge in [0.1, 0.15) is 12.4 Å². The van der Waals surface area contributed by atoms with Crippen molar-refractivity contribution in [1.82, 2.24) is 4.90 Å². The highest BCUT2D eigenvalue weighted by atomic mass is 35.5. The van der Waals surface area contributed by atoms with Crippen molar-refractivity contribution in [2.24, 2.45) is 0 Å². The molecule has 0 unspecified atom stereocenters. The summed E-state index contributed by atoms with van der Waals surface area (Å²) in [5, 5.41) is 9.43. The topological polar surface area (TPSA) is 59.0 Å². The Balaban J connectivity index is 1.96. The maximum Gasteiger partial charge on any atom is 0.335 e. The van der Waals surface area contributed by atoms with Gasteiger partial charge in [-0.2, -0.15) is 0 Å². The molecule has 1 aromatic carbocycles. The summed E-state index contributed by atoms with van der Waals surface area (Å²) < 4.78 is 11.0. The highest BCUT2D eigenvalue weighted by Gasteiger charge is 2.13. The minimum Gasteiger partial charge on any atom is -0.492 e. The molecule has 1 saturated heterocycles. The van der Waals surface area contributed by atoms with Crippen LogP contribution in [0.5, 0.6) is 5.75 Å². The third kappa shape index (κ3) is 3.85. The Kier molecular flexibility index (Phi) is 5.23. The van der Waals surface area contributed by atoms with Crippen molar-refractivity contribution in [2.75, 3.05) is 39.5 Å². The molecule has 0 aliphatic carbocycles. The SMILES string of the molecule is Cc1c(Cl)cc(C(=O)O)cc1OCCN1CCOCC1. The van der Waals surface area contributed by atoms with Crippen molar-refractivity contribution in [3.8, 4) is 5.75 Å². The maximum absolute atomic E-state index is 11.0. The summed E-state index contributed by atoms with van der Waals surface area (Å²) in [4.78, 5) is 13.3.